The Kier molecular flexibility index (Phi) is 3.33. The summed E-state index contributed by atoms with van der Waals surface area (Å²) < 4.78 is 5.38. The van der Waals surface area contributed by atoms with Crippen LogP contribution in [0.1, 0.15) is 27.2 Å². The molecule has 8 nitrogen and oxygen atoms in total. The normalized spacial score (nSPS) is 39.6. The van der Waals surface area contributed by atoms with Crippen LogP contribution in [0.2, 0.25) is 0 Å². The maximum absolute atomic E-state index is 12.3. The van der Waals surface area contributed by atoms with Gasteiger partial charge in [-0.05, 0) is 20.3 Å². The molecule has 0 aromatic heterocycles. The summed E-state index contributed by atoms with van der Waals surface area (Å²) in [6, 6.07) is 0. The summed E-state index contributed by atoms with van der Waals surface area (Å²) in [5.41, 5.74) is -5.84. The molecule has 3 fully saturated rings. The highest BCUT2D eigenvalue weighted by molar-refractivity contribution is 6.01. The Morgan fingerprint density at radius 2 is 1.95 bits per heavy atom. The molecule has 0 spiro atoms. The third-order valence-electron chi connectivity index (χ3n) is 3.93. The van der Waals surface area contributed by atoms with Crippen LogP contribution in [-0.4, -0.2) is 56.9 Å². The molecular weight excluding hydrogens is 268 g/mol. The van der Waals surface area contributed by atoms with Gasteiger partial charge >= 0.3 is 0 Å². The van der Waals surface area contributed by atoms with Crippen LogP contribution in [0.5, 0.6) is 0 Å². The molecule has 114 valence electrons. The van der Waals surface area contributed by atoms with Crippen LogP contribution in [0.25, 0.3) is 0 Å². The maximum Gasteiger partial charge on any atom is 0.278 e. The number of hydrogen-bond acceptors (Lipinski definition) is 6. The lowest BCUT2D eigenvalue weighted by Crippen LogP contribution is -2.83. The van der Waals surface area contributed by atoms with E-state index in [4.69, 9.17) is 4.74 Å². The average Bonchev–Trinajstić information content (AvgIpc) is 2.32. The summed E-state index contributed by atoms with van der Waals surface area (Å²) >= 11 is 0. The van der Waals surface area contributed by atoms with Gasteiger partial charge in [-0.3, -0.25) is 9.59 Å². The summed E-state index contributed by atoms with van der Waals surface area (Å²) in [6.07, 6.45) is -1.39. The molecule has 2 bridgehead atoms. The van der Waals surface area contributed by atoms with E-state index < -0.39 is 40.9 Å². The first-order valence-corrected chi connectivity index (χ1v) is 6.46. The summed E-state index contributed by atoms with van der Waals surface area (Å²) in [4.78, 5) is 24.3. The van der Waals surface area contributed by atoms with Crippen molar-refractivity contribution in [3.63, 3.8) is 0 Å². The minimum Gasteiger partial charge on any atom is -0.388 e. The molecule has 0 aromatic rings. The predicted molar refractivity (Wildman–Crippen MR) is 66.0 cm³/mol. The Balaban J connectivity index is 2.46. The first kappa shape index (κ1) is 15.2. The molecule has 3 heterocycles. The number of fused-ring (bicyclic) bond motifs is 5. The number of carbonyl (C=O) groups is 2. The van der Waals surface area contributed by atoms with E-state index in [9.17, 15) is 24.9 Å². The summed E-state index contributed by atoms with van der Waals surface area (Å²) in [5.74, 6) is -2.31. The third-order valence-corrected chi connectivity index (χ3v) is 3.93. The monoisotopic (exact) mass is 288 g/mol. The number of hydrogen-bond donors (Lipinski definition) is 5. The van der Waals surface area contributed by atoms with E-state index >= 15 is 0 Å². The van der Waals surface area contributed by atoms with E-state index in [0.29, 0.717) is 6.42 Å². The largest absolute Gasteiger partial charge is 0.388 e. The van der Waals surface area contributed by atoms with Gasteiger partial charge in [-0.25, -0.2) is 0 Å². The van der Waals surface area contributed by atoms with Crippen LogP contribution in [0.15, 0.2) is 0 Å². The van der Waals surface area contributed by atoms with Crippen molar-refractivity contribution in [1.29, 1.82) is 0 Å². The highest BCUT2D eigenvalue weighted by atomic mass is 16.5. The zero-order chi connectivity index (χ0) is 15.3. The fourth-order valence-corrected chi connectivity index (χ4v) is 2.47. The van der Waals surface area contributed by atoms with Crippen molar-refractivity contribution in [1.82, 2.24) is 10.6 Å². The summed E-state index contributed by atoms with van der Waals surface area (Å²) in [6.45, 7) is 4.23. The van der Waals surface area contributed by atoms with Crippen molar-refractivity contribution >= 4 is 11.8 Å². The van der Waals surface area contributed by atoms with Crippen LogP contribution >= 0.6 is 0 Å². The number of ether oxygens (including phenoxy) is 1. The van der Waals surface area contributed by atoms with Gasteiger partial charge < -0.3 is 30.7 Å². The average molecular weight is 288 g/mol. The van der Waals surface area contributed by atoms with Crippen molar-refractivity contribution in [2.45, 2.75) is 50.3 Å². The van der Waals surface area contributed by atoms with Crippen molar-refractivity contribution < 1.29 is 29.6 Å². The number of amides is 2. The minimum absolute atomic E-state index is 0.0459. The Labute approximate surface area is 116 Å². The second-order valence-corrected chi connectivity index (χ2v) is 6.00. The lowest BCUT2D eigenvalue weighted by molar-refractivity contribution is -0.234. The van der Waals surface area contributed by atoms with E-state index in [2.05, 4.69) is 10.6 Å². The fourth-order valence-electron chi connectivity index (χ4n) is 2.47. The van der Waals surface area contributed by atoms with Crippen molar-refractivity contribution in [3.05, 3.63) is 0 Å². The molecule has 3 aliphatic heterocycles. The van der Waals surface area contributed by atoms with E-state index in [1.165, 1.54) is 13.8 Å². The molecule has 0 radical (unpaired) electrons. The molecular formula is C12H20N2O6. The standard InChI is InChI=1S/C12H20N2O6/c1-6-4-5-20-12(7(15)10(2,3)18)9(17)13-11(6,19)8(16)14-12/h6-7,15,18-19H,4-5H2,1-3H3,(H,13,17)(H,14,16)/t6?,7-,11+,12-/m0/s1. The molecule has 8 heteroatoms. The number of rotatable bonds is 2. The van der Waals surface area contributed by atoms with Gasteiger partial charge in [-0.1, -0.05) is 6.92 Å². The third kappa shape index (κ3) is 1.99. The molecule has 4 atom stereocenters. The second-order valence-electron chi connectivity index (χ2n) is 6.00. The lowest BCUT2D eigenvalue weighted by Gasteiger charge is -2.50. The van der Waals surface area contributed by atoms with Gasteiger partial charge in [0.15, 0.2) is 0 Å². The highest BCUT2D eigenvalue weighted by Gasteiger charge is 2.63. The molecule has 3 saturated heterocycles. The van der Waals surface area contributed by atoms with Crippen LogP contribution in [0, 0.1) is 5.92 Å². The first-order chi connectivity index (χ1) is 9.04. The Bertz CT molecular complexity index is 448. The van der Waals surface area contributed by atoms with Gasteiger partial charge in [0.2, 0.25) is 5.72 Å². The van der Waals surface area contributed by atoms with Gasteiger partial charge in [0.05, 0.1) is 12.2 Å². The van der Waals surface area contributed by atoms with E-state index in [0.717, 1.165) is 0 Å². The van der Waals surface area contributed by atoms with Crippen molar-refractivity contribution in [3.8, 4) is 0 Å². The van der Waals surface area contributed by atoms with E-state index in [-0.39, 0.29) is 6.61 Å². The Morgan fingerprint density at radius 3 is 2.50 bits per heavy atom. The zero-order valence-electron chi connectivity index (χ0n) is 11.6. The van der Waals surface area contributed by atoms with Gasteiger partial charge in [0, 0.05) is 5.92 Å². The van der Waals surface area contributed by atoms with E-state index in [1.807, 2.05) is 0 Å². The van der Waals surface area contributed by atoms with Crippen molar-refractivity contribution in [2.75, 3.05) is 6.61 Å². The van der Waals surface area contributed by atoms with Gasteiger partial charge in [0.25, 0.3) is 17.5 Å². The van der Waals surface area contributed by atoms with Crippen LogP contribution in [-0.2, 0) is 14.3 Å². The Morgan fingerprint density at radius 1 is 1.35 bits per heavy atom. The molecule has 2 amide bonds. The highest BCUT2D eigenvalue weighted by Crippen LogP contribution is 2.33. The van der Waals surface area contributed by atoms with Gasteiger partial charge in [0.1, 0.15) is 6.10 Å². The molecule has 0 aromatic carbocycles. The smallest absolute Gasteiger partial charge is 0.278 e. The second kappa shape index (κ2) is 4.39. The SMILES string of the molecule is CC1CCO[C@]2([C@@H](O)C(C)(C)O)NC(=O)[C@@]1(O)NC2=O. The Hall–Kier alpha value is -1.22. The molecule has 0 saturated carbocycles. The number of aliphatic hydroxyl groups excluding tert-OH is 1. The van der Waals surface area contributed by atoms with Gasteiger partial charge in [-0.15, -0.1) is 0 Å². The van der Waals surface area contributed by atoms with Crippen molar-refractivity contribution in [2.24, 2.45) is 5.92 Å². The fraction of sp³-hybridized carbons (Fsp3) is 0.833. The van der Waals surface area contributed by atoms with Gasteiger partial charge in [-0.2, -0.15) is 0 Å². The van der Waals surface area contributed by atoms with Crippen LogP contribution < -0.4 is 10.6 Å². The molecule has 20 heavy (non-hydrogen) atoms. The minimum atomic E-state index is -2.11. The number of carbonyl (C=O) groups excluding carboxylic acids is 2. The molecule has 3 aliphatic rings. The van der Waals surface area contributed by atoms with Crippen LogP contribution in [0.3, 0.4) is 0 Å². The quantitative estimate of drug-likeness (QED) is 0.392. The van der Waals surface area contributed by atoms with Crippen LogP contribution in [0.4, 0.5) is 0 Å². The number of nitrogens with one attached hydrogen (secondary N) is 2. The topological polar surface area (TPSA) is 128 Å². The van der Waals surface area contributed by atoms with E-state index in [1.54, 1.807) is 6.92 Å². The summed E-state index contributed by atoms with van der Waals surface area (Å²) in [7, 11) is 0. The maximum atomic E-state index is 12.3. The summed E-state index contributed by atoms with van der Waals surface area (Å²) in [5, 5.41) is 34.8. The first-order valence-electron chi connectivity index (χ1n) is 6.46. The lowest BCUT2D eigenvalue weighted by atomic mass is 9.83. The number of piperazine rings is 1. The molecule has 1 unspecified atom stereocenters. The number of aliphatic hydroxyl groups is 3. The zero-order valence-corrected chi connectivity index (χ0v) is 11.6. The molecule has 3 rings (SSSR count). The molecule has 0 aliphatic carbocycles. The predicted octanol–water partition coefficient (Wildman–Crippen LogP) is -2.19. The molecule has 5 N–H and O–H groups in total.